The number of nitrogens with one attached hydrogen (secondary N) is 2. The summed E-state index contributed by atoms with van der Waals surface area (Å²) in [4.78, 5) is 16.2. The molecule has 1 fully saturated rings. The molecule has 1 aliphatic rings. The third-order valence-electron chi connectivity index (χ3n) is 3.78. The standard InChI is InChI=1S/C16H27N3O2S/c1-11-19-13(10-22-11)9-17-14-7-5-6-12(14)8-18-15(20)21-16(2,3)4/h10,12,14,17H,5-9H2,1-4H3,(H,18,20). The van der Waals surface area contributed by atoms with Crippen molar-refractivity contribution >= 4 is 17.4 Å². The maximum atomic E-state index is 11.7. The van der Waals surface area contributed by atoms with Gasteiger partial charge in [0.1, 0.15) is 5.60 Å². The van der Waals surface area contributed by atoms with E-state index in [1.165, 1.54) is 6.42 Å². The van der Waals surface area contributed by atoms with E-state index in [9.17, 15) is 4.79 Å². The normalized spacial score (nSPS) is 21.8. The van der Waals surface area contributed by atoms with Crippen LogP contribution in [0.15, 0.2) is 5.38 Å². The van der Waals surface area contributed by atoms with Crippen LogP contribution in [-0.4, -0.2) is 29.3 Å². The van der Waals surface area contributed by atoms with E-state index in [0.29, 0.717) is 18.5 Å². The van der Waals surface area contributed by atoms with Crippen LogP contribution in [0.4, 0.5) is 4.79 Å². The molecule has 2 atom stereocenters. The highest BCUT2D eigenvalue weighted by Gasteiger charge is 2.28. The van der Waals surface area contributed by atoms with Gasteiger partial charge in [0.25, 0.3) is 0 Å². The summed E-state index contributed by atoms with van der Waals surface area (Å²) in [6.07, 6.45) is 3.18. The number of carbonyl (C=O) groups excluding carboxylic acids is 1. The zero-order valence-electron chi connectivity index (χ0n) is 13.9. The average Bonchev–Trinajstić information content (AvgIpc) is 3.00. The van der Waals surface area contributed by atoms with Crippen LogP contribution in [0.25, 0.3) is 0 Å². The molecule has 0 spiro atoms. The van der Waals surface area contributed by atoms with Crippen molar-refractivity contribution in [2.75, 3.05) is 6.54 Å². The fraction of sp³-hybridized carbons (Fsp3) is 0.750. The van der Waals surface area contributed by atoms with Gasteiger partial charge in [-0.3, -0.25) is 0 Å². The lowest BCUT2D eigenvalue weighted by atomic mass is 10.0. The lowest BCUT2D eigenvalue weighted by Crippen LogP contribution is -2.40. The van der Waals surface area contributed by atoms with Crippen LogP contribution in [0.5, 0.6) is 0 Å². The van der Waals surface area contributed by atoms with E-state index in [1.807, 2.05) is 27.7 Å². The zero-order valence-corrected chi connectivity index (χ0v) is 14.8. The summed E-state index contributed by atoms with van der Waals surface area (Å²) in [5.74, 6) is 0.465. The van der Waals surface area contributed by atoms with Gasteiger partial charge >= 0.3 is 6.09 Å². The van der Waals surface area contributed by atoms with Gasteiger partial charge in [0.2, 0.25) is 0 Å². The van der Waals surface area contributed by atoms with Crippen molar-refractivity contribution in [1.29, 1.82) is 0 Å². The van der Waals surface area contributed by atoms with Gasteiger partial charge in [-0.25, -0.2) is 9.78 Å². The van der Waals surface area contributed by atoms with Crippen LogP contribution in [0.3, 0.4) is 0 Å². The number of thiazole rings is 1. The topological polar surface area (TPSA) is 63.2 Å². The molecule has 124 valence electrons. The van der Waals surface area contributed by atoms with Crippen LogP contribution in [0.1, 0.15) is 50.7 Å². The highest BCUT2D eigenvalue weighted by molar-refractivity contribution is 7.09. The molecule has 1 saturated carbocycles. The Kier molecular flexibility index (Phi) is 5.81. The summed E-state index contributed by atoms with van der Waals surface area (Å²) in [5, 5.41) is 9.69. The number of carbonyl (C=O) groups is 1. The molecular formula is C16H27N3O2S. The molecule has 1 amide bonds. The van der Waals surface area contributed by atoms with E-state index in [4.69, 9.17) is 4.74 Å². The summed E-state index contributed by atoms with van der Waals surface area (Å²) in [6, 6.07) is 0.442. The van der Waals surface area contributed by atoms with E-state index < -0.39 is 5.60 Å². The molecule has 6 heteroatoms. The first kappa shape index (κ1) is 17.2. The Hall–Kier alpha value is -1.14. The number of amides is 1. The fourth-order valence-electron chi connectivity index (χ4n) is 2.80. The SMILES string of the molecule is Cc1nc(CNC2CCCC2CNC(=O)OC(C)(C)C)cs1. The molecule has 0 aliphatic heterocycles. The molecule has 22 heavy (non-hydrogen) atoms. The summed E-state index contributed by atoms with van der Waals surface area (Å²) in [5.41, 5.74) is 0.660. The predicted octanol–water partition coefficient (Wildman–Crippen LogP) is 3.23. The first-order chi connectivity index (χ1) is 10.3. The van der Waals surface area contributed by atoms with E-state index in [-0.39, 0.29) is 6.09 Å². The van der Waals surface area contributed by atoms with Crippen molar-refractivity contribution in [3.8, 4) is 0 Å². The molecule has 0 bridgehead atoms. The van der Waals surface area contributed by atoms with E-state index in [0.717, 1.165) is 30.1 Å². The summed E-state index contributed by atoms with van der Waals surface area (Å²) >= 11 is 1.68. The van der Waals surface area contributed by atoms with Crippen LogP contribution < -0.4 is 10.6 Å². The Morgan fingerprint density at radius 2 is 2.23 bits per heavy atom. The van der Waals surface area contributed by atoms with Crippen LogP contribution in [-0.2, 0) is 11.3 Å². The number of nitrogens with zero attached hydrogens (tertiary/aromatic N) is 1. The van der Waals surface area contributed by atoms with E-state index in [2.05, 4.69) is 21.0 Å². The Morgan fingerprint density at radius 1 is 1.45 bits per heavy atom. The smallest absolute Gasteiger partial charge is 0.407 e. The van der Waals surface area contributed by atoms with E-state index >= 15 is 0 Å². The third-order valence-corrected chi connectivity index (χ3v) is 4.60. The fourth-order valence-corrected chi connectivity index (χ4v) is 3.42. The third kappa shape index (κ3) is 5.57. The zero-order chi connectivity index (χ0) is 16.2. The molecule has 0 saturated heterocycles. The second-order valence-corrected chi connectivity index (χ2v) is 7.98. The van der Waals surface area contributed by atoms with Gasteiger partial charge in [-0.2, -0.15) is 0 Å². The van der Waals surface area contributed by atoms with Gasteiger partial charge in [-0.05, 0) is 46.5 Å². The molecule has 0 radical (unpaired) electrons. The quantitative estimate of drug-likeness (QED) is 0.872. The summed E-state index contributed by atoms with van der Waals surface area (Å²) in [7, 11) is 0. The van der Waals surface area contributed by atoms with Crippen molar-refractivity contribution in [2.24, 2.45) is 5.92 Å². The number of hydrogen-bond donors (Lipinski definition) is 2. The van der Waals surface area contributed by atoms with Gasteiger partial charge in [-0.15, -0.1) is 11.3 Å². The van der Waals surface area contributed by atoms with Crippen molar-refractivity contribution in [3.63, 3.8) is 0 Å². The number of rotatable bonds is 5. The van der Waals surface area contributed by atoms with Gasteiger partial charge in [0, 0.05) is 24.5 Å². The van der Waals surface area contributed by atoms with Crippen LogP contribution in [0, 0.1) is 12.8 Å². The van der Waals surface area contributed by atoms with Crippen molar-refractivity contribution in [1.82, 2.24) is 15.6 Å². The second kappa shape index (κ2) is 7.42. The minimum absolute atomic E-state index is 0.326. The van der Waals surface area contributed by atoms with Crippen molar-refractivity contribution in [2.45, 2.75) is 65.1 Å². The van der Waals surface area contributed by atoms with E-state index in [1.54, 1.807) is 11.3 Å². The maximum absolute atomic E-state index is 11.7. The maximum Gasteiger partial charge on any atom is 0.407 e. The highest BCUT2D eigenvalue weighted by Crippen LogP contribution is 2.25. The van der Waals surface area contributed by atoms with Crippen LogP contribution >= 0.6 is 11.3 Å². The largest absolute Gasteiger partial charge is 0.444 e. The lowest BCUT2D eigenvalue weighted by molar-refractivity contribution is 0.0517. The average molecular weight is 325 g/mol. The predicted molar refractivity (Wildman–Crippen MR) is 89.1 cm³/mol. The van der Waals surface area contributed by atoms with Gasteiger partial charge in [-0.1, -0.05) is 6.42 Å². The molecule has 2 rings (SSSR count). The van der Waals surface area contributed by atoms with Crippen molar-refractivity contribution < 1.29 is 9.53 Å². The lowest BCUT2D eigenvalue weighted by Gasteiger charge is -2.23. The van der Waals surface area contributed by atoms with Gasteiger partial charge in [0.15, 0.2) is 0 Å². The van der Waals surface area contributed by atoms with Gasteiger partial charge < -0.3 is 15.4 Å². The molecule has 1 aliphatic carbocycles. The number of aryl methyl sites for hydroxylation is 1. The first-order valence-corrected chi connectivity index (χ1v) is 8.83. The number of ether oxygens (including phenoxy) is 1. The van der Waals surface area contributed by atoms with Gasteiger partial charge in [0.05, 0.1) is 10.7 Å². The molecule has 2 N–H and O–H groups in total. The summed E-state index contributed by atoms with van der Waals surface area (Å²) in [6.45, 7) is 9.13. The Morgan fingerprint density at radius 3 is 2.86 bits per heavy atom. The molecule has 1 aromatic rings. The monoisotopic (exact) mass is 325 g/mol. The summed E-state index contributed by atoms with van der Waals surface area (Å²) < 4.78 is 5.29. The molecular weight excluding hydrogens is 298 g/mol. The number of aromatic nitrogens is 1. The molecule has 0 aromatic carbocycles. The number of hydrogen-bond acceptors (Lipinski definition) is 5. The van der Waals surface area contributed by atoms with Crippen molar-refractivity contribution in [3.05, 3.63) is 16.1 Å². The first-order valence-electron chi connectivity index (χ1n) is 7.95. The van der Waals surface area contributed by atoms with Crippen LogP contribution in [0.2, 0.25) is 0 Å². The molecule has 1 aromatic heterocycles. The second-order valence-electron chi connectivity index (χ2n) is 6.92. The Balaban J connectivity index is 1.74. The molecule has 2 unspecified atom stereocenters. The molecule has 1 heterocycles. The number of alkyl carbamates (subject to hydrolysis) is 1. The Labute approximate surface area is 136 Å². The molecule has 5 nitrogen and oxygen atoms in total. The minimum atomic E-state index is -0.445. The Bertz CT molecular complexity index is 496. The minimum Gasteiger partial charge on any atom is -0.444 e. The highest BCUT2D eigenvalue weighted by atomic mass is 32.1.